The molecule has 0 aromatic carbocycles. The fraction of sp³-hybridized carbons (Fsp3) is 0.500. The van der Waals surface area contributed by atoms with E-state index >= 15 is 0 Å². The molecule has 44 valence electrons. The van der Waals surface area contributed by atoms with Crippen LogP contribution in [-0.2, 0) is 4.79 Å². The second-order valence-corrected chi connectivity index (χ2v) is 1.24. The van der Waals surface area contributed by atoms with Crippen molar-refractivity contribution in [3.63, 3.8) is 0 Å². The molecule has 2 heteroatoms. The molecule has 0 aliphatic rings. The molecule has 0 aliphatic carbocycles. The van der Waals surface area contributed by atoms with Crippen molar-refractivity contribution in [3.8, 4) is 11.8 Å². The van der Waals surface area contributed by atoms with Crippen LogP contribution >= 0.6 is 0 Å². The summed E-state index contributed by atoms with van der Waals surface area (Å²) in [6, 6.07) is 0. The van der Waals surface area contributed by atoms with Gasteiger partial charge in [0.25, 0.3) is 0 Å². The maximum absolute atomic E-state index is 10.1. The van der Waals surface area contributed by atoms with Crippen molar-refractivity contribution in [2.75, 3.05) is 6.61 Å². The molecule has 0 unspecified atom stereocenters. The second-order valence-electron chi connectivity index (χ2n) is 1.24. The first-order valence-corrected chi connectivity index (χ1v) is 2.43. The third kappa shape index (κ3) is 3.38. The van der Waals surface area contributed by atoms with E-state index in [0.717, 1.165) is 0 Å². The number of carbonyl (C=O) groups is 1. The van der Waals surface area contributed by atoms with E-state index in [1.54, 1.807) is 0 Å². The lowest BCUT2D eigenvalue weighted by Gasteiger charge is -1.75. The molecular weight excluding hydrogens is 104 g/mol. The zero-order chi connectivity index (χ0) is 6.41. The van der Waals surface area contributed by atoms with Gasteiger partial charge in [0.1, 0.15) is 6.61 Å². The van der Waals surface area contributed by atoms with Crippen LogP contribution in [0.15, 0.2) is 0 Å². The Morgan fingerprint density at radius 2 is 2.38 bits per heavy atom. The molecule has 0 bridgehead atoms. The van der Waals surface area contributed by atoms with E-state index in [1.165, 1.54) is 0 Å². The Labute approximate surface area is 48.5 Å². The summed E-state index contributed by atoms with van der Waals surface area (Å²) in [4.78, 5) is 10.1. The van der Waals surface area contributed by atoms with E-state index < -0.39 is 12.4 Å². The van der Waals surface area contributed by atoms with Gasteiger partial charge in [-0.2, -0.15) is 0 Å². The molecule has 8 heavy (non-hydrogen) atoms. The van der Waals surface area contributed by atoms with Crippen LogP contribution in [0.3, 0.4) is 0 Å². The van der Waals surface area contributed by atoms with E-state index in [0.29, 0.717) is 6.42 Å². The number of hydrogen-bond acceptors (Lipinski definition) is 2. The molecule has 0 aliphatic heterocycles. The summed E-state index contributed by atoms with van der Waals surface area (Å²) < 4.78 is 0. The van der Waals surface area contributed by atoms with Gasteiger partial charge in [-0.3, -0.25) is 4.79 Å². The van der Waals surface area contributed by atoms with Gasteiger partial charge in [0, 0.05) is 6.42 Å². The molecule has 0 amide bonds. The third-order valence-corrected chi connectivity index (χ3v) is 0.548. The number of aliphatic hydroxyl groups is 1. The molecule has 0 aromatic rings. The van der Waals surface area contributed by atoms with Crippen molar-refractivity contribution in [2.24, 2.45) is 0 Å². The summed E-state index contributed by atoms with van der Waals surface area (Å²) in [5, 5.41) is 8.11. The Morgan fingerprint density at radius 3 is 2.75 bits per heavy atom. The van der Waals surface area contributed by atoms with Gasteiger partial charge in [0.15, 0.2) is 0 Å². The first-order valence-electron chi connectivity index (χ1n) is 2.43. The molecule has 0 saturated carbocycles. The van der Waals surface area contributed by atoms with E-state index in [4.69, 9.17) is 5.11 Å². The topological polar surface area (TPSA) is 37.3 Å². The van der Waals surface area contributed by atoms with Gasteiger partial charge in [-0.15, -0.1) is 0 Å². The first kappa shape index (κ1) is 7.19. The minimum atomic E-state index is -0.465. The Balaban J connectivity index is 3.52. The Kier molecular flexibility index (Phi) is 3.91. The lowest BCUT2D eigenvalue weighted by Crippen LogP contribution is -1.98. The van der Waals surface area contributed by atoms with Gasteiger partial charge in [-0.25, -0.2) is 0 Å². The molecule has 0 radical (unpaired) electrons. The van der Waals surface area contributed by atoms with E-state index in [9.17, 15) is 4.79 Å². The number of aliphatic hydroxyl groups excluding tert-OH is 1. The number of rotatable bonds is 1. The summed E-state index contributed by atoms with van der Waals surface area (Å²) in [5.41, 5.74) is 0. The summed E-state index contributed by atoms with van der Waals surface area (Å²) in [7, 11) is 0. The highest BCUT2D eigenvalue weighted by Gasteiger charge is 1.86. The highest BCUT2D eigenvalue weighted by molar-refractivity contribution is 5.96. The maximum atomic E-state index is 10.1. The van der Waals surface area contributed by atoms with E-state index in [2.05, 4.69) is 11.8 Å². The highest BCUT2D eigenvalue weighted by atomic mass is 16.3. The van der Waals surface area contributed by atoms with E-state index in [1.807, 2.05) is 6.92 Å². The third-order valence-electron chi connectivity index (χ3n) is 0.548. The predicted octanol–water partition coefficient (Wildman–Crippen LogP) is -0.0388. The van der Waals surface area contributed by atoms with Gasteiger partial charge in [-0.05, 0) is 5.92 Å². The van der Waals surface area contributed by atoms with Crippen molar-refractivity contribution >= 4 is 5.78 Å². The molecular formula is C6H8O2. The van der Waals surface area contributed by atoms with Crippen LogP contribution in [-0.4, -0.2) is 17.5 Å². The number of hydrogen-bond donors (Lipinski definition) is 1. The standard InChI is InChI=1S/C6H8O2/c1-2-3-4-6(8)5-7/h7H,2,5H2,1H3. The number of carbonyl (C=O) groups excluding carboxylic acids is 1. The predicted molar refractivity (Wildman–Crippen MR) is 30.2 cm³/mol. The molecule has 1 N–H and O–H groups in total. The molecule has 0 spiro atoms. The second kappa shape index (κ2) is 4.35. The van der Waals surface area contributed by atoms with Crippen LogP contribution in [0.5, 0.6) is 0 Å². The number of Topliss-reactive ketones (excluding diaryl/α,β-unsaturated/α-hetero) is 1. The average molecular weight is 112 g/mol. The first-order chi connectivity index (χ1) is 3.81. The lowest BCUT2D eigenvalue weighted by atomic mass is 10.4. The van der Waals surface area contributed by atoms with Gasteiger partial charge in [0.05, 0.1) is 0 Å². The fourth-order valence-corrected chi connectivity index (χ4v) is 0.227. The minimum Gasteiger partial charge on any atom is -0.387 e. The van der Waals surface area contributed by atoms with Crippen molar-refractivity contribution in [1.29, 1.82) is 0 Å². The smallest absolute Gasteiger partial charge is 0.230 e. The van der Waals surface area contributed by atoms with Crippen molar-refractivity contribution in [3.05, 3.63) is 0 Å². The Bertz CT molecular complexity index is 127. The molecule has 0 atom stereocenters. The van der Waals surface area contributed by atoms with Gasteiger partial charge >= 0.3 is 0 Å². The molecule has 0 aromatic heterocycles. The van der Waals surface area contributed by atoms with Crippen LogP contribution in [0.1, 0.15) is 13.3 Å². The summed E-state index contributed by atoms with van der Waals surface area (Å²) in [6.45, 7) is 1.38. The average Bonchev–Trinajstić information content (AvgIpc) is 1.83. The van der Waals surface area contributed by atoms with Gasteiger partial charge in [-0.1, -0.05) is 12.8 Å². The van der Waals surface area contributed by atoms with Crippen LogP contribution in [0.25, 0.3) is 0 Å². The van der Waals surface area contributed by atoms with Crippen LogP contribution in [0.4, 0.5) is 0 Å². The minimum absolute atomic E-state index is 0.410. The van der Waals surface area contributed by atoms with Crippen molar-refractivity contribution in [1.82, 2.24) is 0 Å². The van der Waals surface area contributed by atoms with Crippen molar-refractivity contribution in [2.45, 2.75) is 13.3 Å². The SMILES string of the molecule is CCC#CC(=O)CO. The van der Waals surface area contributed by atoms with Crippen molar-refractivity contribution < 1.29 is 9.90 Å². The van der Waals surface area contributed by atoms with Gasteiger partial charge < -0.3 is 5.11 Å². The quantitative estimate of drug-likeness (QED) is 0.382. The van der Waals surface area contributed by atoms with E-state index in [-0.39, 0.29) is 0 Å². The summed E-state index contributed by atoms with van der Waals surface area (Å²) in [5.74, 6) is 4.37. The lowest BCUT2D eigenvalue weighted by molar-refractivity contribution is -0.116. The molecule has 0 saturated heterocycles. The highest BCUT2D eigenvalue weighted by Crippen LogP contribution is 1.68. The normalized spacial score (nSPS) is 7.25. The van der Waals surface area contributed by atoms with Crippen LogP contribution in [0, 0.1) is 11.8 Å². The fourth-order valence-electron chi connectivity index (χ4n) is 0.227. The molecule has 0 heterocycles. The monoisotopic (exact) mass is 112 g/mol. The molecule has 0 rings (SSSR count). The van der Waals surface area contributed by atoms with Gasteiger partial charge in [0.2, 0.25) is 5.78 Å². The molecule has 0 fully saturated rings. The zero-order valence-electron chi connectivity index (χ0n) is 4.77. The van der Waals surface area contributed by atoms with Crippen LogP contribution in [0.2, 0.25) is 0 Å². The number of ketones is 1. The largest absolute Gasteiger partial charge is 0.387 e. The zero-order valence-corrected chi connectivity index (χ0v) is 4.77. The Morgan fingerprint density at radius 1 is 1.75 bits per heavy atom. The molecule has 2 nitrogen and oxygen atoms in total. The summed E-state index contributed by atoms with van der Waals surface area (Å²) in [6.07, 6.45) is 0.658. The summed E-state index contributed by atoms with van der Waals surface area (Å²) >= 11 is 0. The Hall–Kier alpha value is -0.810. The van der Waals surface area contributed by atoms with Crippen LogP contribution < -0.4 is 0 Å². The maximum Gasteiger partial charge on any atom is 0.230 e.